The first kappa shape index (κ1) is 18.4. The number of carbonyl (C=O) groups is 1. The topological polar surface area (TPSA) is 95.7 Å². The fourth-order valence-corrected chi connectivity index (χ4v) is 4.43. The van der Waals surface area contributed by atoms with Crippen molar-refractivity contribution in [2.45, 2.75) is 24.9 Å². The molecule has 0 unspecified atom stereocenters. The molecule has 0 atom stereocenters. The molecular formula is C17H22N4O4S. The zero-order chi connectivity index (χ0) is 18.9. The predicted octanol–water partition coefficient (Wildman–Crippen LogP) is 1.67. The molecule has 0 bridgehead atoms. The van der Waals surface area contributed by atoms with E-state index in [2.05, 4.69) is 10.00 Å². The second kappa shape index (κ2) is 7.08. The summed E-state index contributed by atoms with van der Waals surface area (Å²) in [4.78, 5) is 13.6. The number of para-hydroxylation sites is 1. The van der Waals surface area contributed by atoms with E-state index in [-0.39, 0.29) is 29.7 Å². The van der Waals surface area contributed by atoms with Crippen LogP contribution in [0.1, 0.15) is 30.2 Å². The van der Waals surface area contributed by atoms with Crippen LogP contribution in [0.3, 0.4) is 0 Å². The summed E-state index contributed by atoms with van der Waals surface area (Å²) in [5.74, 6) is -1.29. The first-order chi connectivity index (χ1) is 12.3. The molecule has 0 saturated carbocycles. The Bertz CT molecular complexity index is 885. The third kappa shape index (κ3) is 3.45. The molecule has 0 amide bonds. The van der Waals surface area contributed by atoms with Crippen molar-refractivity contribution < 1.29 is 18.3 Å². The van der Waals surface area contributed by atoms with Gasteiger partial charge in [-0.2, -0.15) is 9.40 Å². The van der Waals surface area contributed by atoms with Gasteiger partial charge >= 0.3 is 5.97 Å². The van der Waals surface area contributed by atoms with E-state index in [1.54, 1.807) is 0 Å². The van der Waals surface area contributed by atoms with Crippen molar-refractivity contribution in [1.82, 2.24) is 14.1 Å². The number of anilines is 1. The maximum Gasteiger partial charge on any atom is 0.340 e. The third-order valence-corrected chi connectivity index (χ3v) is 6.24. The zero-order valence-corrected chi connectivity index (χ0v) is 15.6. The van der Waals surface area contributed by atoms with Gasteiger partial charge < -0.3 is 10.0 Å². The van der Waals surface area contributed by atoms with Gasteiger partial charge in [0, 0.05) is 44.1 Å². The number of carboxylic acids is 1. The average molecular weight is 378 g/mol. The lowest BCUT2D eigenvalue weighted by molar-refractivity contribution is 0.0692. The molecule has 26 heavy (non-hydrogen) atoms. The van der Waals surface area contributed by atoms with Crippen molar-refractivity contribution in [1.29, 1.82) is 0 Å². The minimum absolute atomic E-state index is 0.132. The lowest BCUT2D eigenvalue weighted by atomic mass is 10.2. The summed E-state index contributed by atoms with van der Waals surface area (Å²) in [6, 6.07) is 9.65. The quantitative estimate of drug-likeness (QED) is 0.850. The monoisotopic (exact) mass is 378 g/mol. The highest BCUT2D eigenvalue weighted by atomic mass is 32.2. The van der Waals surface area contributed by atoms with Gasteiger partial charge in [-0.1, -0.05) is 18.2 Å². The molecule has 1 aliphatic rings. The molecule has 1 aromatic heterocycles. The molecule has 0 spiro atoms. The Labute approximate surface area is 152 Å². The van der Waals surface area contributed by atoms with E-state index in [4.69, 9.17) is 0 Å². The van der Waals surface area contributed by atoms with Crippen molar-refractivity contribution in [3.05, 3.63) is 42.1 Å². The second-order valence-corrected chi connectivity index (χ2v) is 8.31. The Hall–Kier alpha value is -2.39. The van der Waals surface area contributed by atoms with Crippen LogP contribution in [0, 0.1) is 0 Å². The summed E-state index contributed by atoms with van der Waals surface area (Å²) in [7, 11) is -3.96. The van der Waals surface area contributed by atoms with Gasteiger partial charge in [-0.3, -0.25) is 4.68 Å². The maximum absolute atomic E-state index is 13.0. The van der Waals surface area contributed by atoms with Gasteiger partial charge in [0.05, 0.1) is 0 Å². The first-order valence-corrected chi connectivity index (χ1v) is 9.87. The summed E-state index contributed by atoms with van der Waals surface area (Å²) in [5.41, 5.74) is 0.754. The fourth-order valence-electron chi connectivity index (χ4n) is 2.92. The molecule has 8 nitrogen and oxygen atoms in total. The third-order valence-electron chi connectivity index (χ3n) is 4.40. The molecule has 140 valence electrons. The number of aromatic nitrogens is 2. The summed E-state index contributed by atoms with van der Waals surface area (Å²) in [6.07, 6.45) is 1.28. The van der Waals surface area contributed by atoms with Crippen molar-refractivity contribution in [3.8, 4) is 0 Å². The highest BCUT2D eigenvalue weighted by Crippen LogP contribution is 2.23. The van der Waals surface area contributed by atoms with Crippen LogP contribution in [0.2, 0.25) is 0 Å². The second-order valence-electron chi connectivity index (χ2n) is 6.45. The number of aromatic carboxylic acids is 1. The van der Waals surface area contributed by atoms with Gasteiger partial charge in [0.2, 0.25) is 5.03 Å². The number of rotatable bonds is 5. The summed E-state index contributed by atoms with van der Waals surface area (Å²) in [5, 5.41) is 13.0. The number of piperazine rings is 1. The van der Waals surface area contributed by atoms with E-state index in [0.717, 1.165) is 5.69 Å². The first-order valence-electron chi connectivity index (χ1n) is 8.43. The van der Waals surface area contributed by atoms with Gasteiger partial charge in [0.15, 0.2) is 0 Å². The number of nitrogens with zero attached hydrogens (tertiary/aromatic N) is 4. The molecule has 1 fully saturated rings. The van der Waals surface area contributed by atoms with Gasteiger partial charge in [-0.05, 0) is 26.0 Å². The zero-order valence-electron chi connectivity index (χ0n) is 14.7. The van der Waals surface area contributed by atoms with Crippen molar-refractivity contribution in [2.75, 3.05) is 31.1 Å². The van der Waals surface area contributed by atoms with Crippen LogP contribution in [0.5, 0.6) is 0 Å². The van der Waals surface area contributed by atoms with Gasteiger partial charge in [0.1, 0.15) is 5.56 Å². The highest BCUT2D eigenvalue weighted by Gasteiger charge is 2.35. The van der Waals surface area contributed by atoms with Crippen molar-refractivity contribution >= 4 is 21.7 Å². The molecule has 0 aliphatic carbocycles. The average Bonchev–Trinajstić information content (AvgIpc) is 3.09. The van der Waals surface area contributed by atoms with E-state index < -0.39 is 16.0 Å². The van der Waals surface area contributed by atoms with E-state index in [0.29, 0.717) is 13.1 Å². The Morgan fingerprint density at radius 3 is 2.27 bits per heavy atom. The summed E-state index contributed by atoms with van der Waals surface area (Å²) in [6.45, 7) is 5.27. The largest absolute Gasteiger partial charge is 0.478 e. The number of hydrogen-bond acceptors (Lipinski definition) is 5. The number of hydrogen-bond donors (Lipinski definition) is 1. The molecule has 2 aromatic rings. The number of benzene rings is 1. The Morgan fingerprint density at radius 1 is 1.12 bits per heavy atom. The van der Waals surface area contributed by atoms with Gasteiger partial charge in [0.25, 0.3) is 10.0 Å². The molecule has 0 radical (unpaired) electrons. The van der Waals surface area contributed by atoms with Crippen LogP contribution in [0.4, 0.5) is 5.69 Å². The number of sulfonamides is 1. The minimum atomic E-state index is -3.96. The van der Waals surface area contributed by atoms with Gasteiger partial charge in [-0.15, -0.1) is 0 Å². The Balaban J connectivity index is 1.83. The maximum atomic E-state index is 13.0. The van der Waals surface area contributed by atoms with Crippen LogP contribution in [-0.4, -0.2) is 59.8 Å². The van der Waals surface area contributed by atoms with Gasteiger partial charge in [-0.25, -0.2) is 13.2 Å². The standard InChI is InChI=1S/C17H22N4O4S/c1-13(2)21-12-15(17(22)23)16(18-21)26(24,25)20-10-8-19(9-11-20)14-6-4-3-5-7-14/h3-7,12-13H,8-11H2,1-2H3,(H,22,23). The van der Waals surface area contributed by atoms with Crippen molar-refractivity contribution in [2.24, 2.45) is 0 Å². The molecule has 1 aliphatic heterocycles. The smallest absolute Gasteiger partial charge is 0.340 e. The van der Waals surface area contributed by atoms with Crippen molar-refractivity contribution in [3.63, 3.8) is 0 Å². The predicted molar refractivity (Wildman–Crippen MR) is 97.0 cm³/mol. The minimum Gasteiger partial charge on any atom is -0.478 e. The molecule has 1 aromatic carbocycles. The van der Waals surface area contributed by atoms with Crippen LogP contribution in [0.25, 0.3) is 0 Å². The van der Waals surface area contributed by atoms with Crippen LogP contribution in [0.15, 0.2) is 41.6 Å². The van der Waals surface area contributed by atoms with E-state index >= 15 is 0 Å². The molecule has 1 N–H and O–H groups in total. The molecule has 3 rings (SSSR count). The lowest BCUT2D eigenvalue weighted by Gasteiger charge is -2.35. The number of carboxylic acid groups (broad SMARTS) is 1. The summed E-state index contributed by atoms with van der Waals surface area (Å²) < 4.78 is 28.6. The fraction of sp³-hybridized carbons (Fsp3) is 0.412. The Kier molecular flexibility index (Phi) is 5.01. The molecular weight excluding hydrogens is 356 g/mol. The van der Waals surface area contributed by atoms with E-state index in [1.807, 2.05) is 44.2 Å². The molecule has 1 saturated heterocycles. The molecule has 9 heteroatoms. The molecule has 2 heterocycles. The lowest BCUT2D eigenvalue weighted by Crippen LogP contribution is -2.49. The summed E-state index contributed by atoms with van der Waals surface area (Å²) >= 11 is 0. The van der Waals surface area contributed by atoms with E-state index in [1.165, 1.54) is 15.2 Å². The SMILES string of the molecule is CC(C)n1cc(C(=O)O)c(S(=O)(=O)N2CCN(c3ccccc3)CC2)n1. The van der Waals surface area contributed by atoms with Crippen LogP contribution < -0.4 is 4.90 Å². The highest BCUT2D eigenvalue weighted by molar-refractivity contribution is 7.89. The van der Waals surface area contributed by atoms with E-state index in [9.17, 15) is 18.3 Å². The van der Waals surface area contributed by atoms with Crippen LogP contribution in [-0.2, 0) is 10.0 Å². The Morgan fingerprint density at radius 2 is 1.73 bits per heavy atom. The normalized spacial score (nSPS) is 16.2. The van der Waals surface area contributed by atoms with Crippen LogP contribution >= 0.6 is 0 Å².